The Kier molecular flexibility index (Phi) is 5.57. The van der Waals surface area contributed by atoms with E-state index in [0.29, 0.717) is 0 Å². The van der Waals surface area contributed by atoms with Gasteiger partial charge in [-0.05, 0) is 74.5 Å². The van der Waals surface area contributed by atoms with Gasteiger partial charge in [0.05, 0.1) is 11.0 Å². The van der Waals surface area contributed by atoms with E-state index in [4.69, 9.17) is 16.6 Å². The van der Waals surface area contributed by atoms with Gasteiger partial charge in [0.15, 0.2) is 0 Å². The van der Waals surface area contributed by atoms with Crippen molar-refractivity contribution in [1.82, 2.24) is 14.9 Å². The Morgan fingerprint density at radius 3 is 2.77 bits per heavy atom. The van der Waals surface area contributed by atoms with Crippen molar-refractivity contribution in [2.24, 2.45) is 5.92 Å². The monoisotopic (exact) mass is 367 g/mol. The van der Waals surface area contributed by atoms with E-state index in [1.54, 1.807) is 0 Å². The first kappa shape index (κ1) is 17.6. The summed E-state index contributed by atoms with van der Waals surface area (Å²) in [5, 5.41) is 4.31. The average molecular weight is 368 g/mol. The maximum atomic E-state index is 6.03. The van der Waals surface area contributed by atoms with Crippen LogP contribution >= 0.6 is 11.6 Å². The fourth-order valence-corrected chi connectivity index (χ4v) is 4.13. The van der Waals surface area contributed by atoms with Crippen molar-refractivity contribution in [1.29, 1.82) is 0 Å². The highest BCUT2D eigenvalue weighted by Gasteiger charge is 2.14. The first-order valence-corrected chi connectivity index (χ1v) is 10.1. The molecule has 3 aromatic rings. The van der Waals surface area contributed by atoms with Crippen molar-refractivity contribution in [3.05, 3.63) is 64.9 Å². The number of benzene rings is 2. The predicted octanol–water partition coefficient (Wildman–Crippen LogP) is 5.06. The molecule has 2 heterocycles. The van der Waals surface area contributed by atoms with Crippen LogP contribution in [0.3, 0.4) is 0 Å². The third-order valence-electron chi connectivity index (χ3n) is 5.40. The lowest BCUT2D eigenvalue weighted by atomic mass is 9.95. The van der Waals surface area contributed by atoms with Crippen LogP contribution in [0, 0.1) is 5.92 Å². The molecule has 136 valence electrons. The number of hydrogen-bond donors (Lipinski definition) is 1. The number of hydrogen-bond acceptors (Lipinski definition) is 2. The Morgan fingerprint density at radius 1 is 1.12 bits per heavy atom. The van der Waals surface area contributed by atoms with Crippen LogP contribution in [0.4, 0.5) is 0 Å². The zero-order valence-corrected chi connectivity index (χ0v) is 15.9. The van der Waals surface area contributed by atoms with E-state index < -0.39 is 0 Å². The minimum Gasteiger partial charge on any atom is -0.328 e. The molecule has 4 rings (SSSR count). The number of para-hydroxylation sites is 2. The van der Waals surface area contributed by atoms with Gasteiger partial charge in [0.2, 0.25) is 0 Å². The highest BCUT2D eigenvalue weighted by molar-refractivity contribution is 6.30. The standard InChI is InChI=1S/C22H26ClN3/c23-19-11-9-17(10-12-19)15-22-25-20-7-1-2-8-21(20)26(22)14-4-6-18-5-3-13-24-16-18/h1-2,7-12,18,24H,3-6,13-16H2. The van der Waals surface area contributed by atoms with Gasteiger partial charge in [-0.25, -0.2) is 4.98 Å². The summed E-state index contributed by atoms with van der Waals surface area (Å²) < 4.78 is 2.42. The normalized spacial score (nSPS) is 17.7. The van der Waals surface area contributed by atoms with Crippen LogP contribution in [-0.2, 0) is 13.0 Å². The third kappa shape index (κ3) is 4.11. The second kappa shape index (κ2) is 8.24. The molecule has 1 aliphatic heterocycles. The number of rotatable bonds is 6. The van der Waals surface area contributed by atoms with Crippen LogP contribution in [-0.4, -0.2) is 22.6 Å². The van der Waals surface area contributed by atoms with E-state index in [1.807, 2.05) is 12.1 Å². The molecular weight excluding hydrogens is 342 g/mol. The predicted molar refractivity (Wildman–Crippen MR) is 109 cm³/mol. The van der Waals surface area contributed by atoms with Gasteiger partial charge in [0, 0.05) is 18.0 Å². The molecule has 0 amide bonds. The van der Waals surface area contributed by atoms with Crippen LogP contribution in [0.2, 0.25) is 5.02 Å². The molecule has 1 unspecified atom stereocenters. The summed E-state index contributed by atoms with van der Waals surface area (Å²) >= 11 is 6.03. The number of nitrogens with zero attached hydrogens (tertiary/aromatic N) is 2. The lowest BCUT2D eigenvalue weighted by Crippen LogP contribution is -2.29. The molecular formula is C22H26ClN3. The number of aromatic nitrogens is 2. The van der Waals surface area contributed by atoms with Crippen molar-refractivity contribution in [2.45, 2.75) is 38.6 Å². The molecule has 1 N–H and O–H groups in total. The SMILES string of the molecule is Clc1ccc(Cc2nc3ccccc3n2CCCC2CCCNC2)cc1. The van der Waals surface area contributed by atoms with E-state index in [0.717, 1.165) is 35.2 Å². The molecule has 1 aromatic heterocycles. The first-order chi connectivity index (χ1) is 12.8. The molecule has 0 aliphatic carbocycles. The molecule has 1 atom stereocenters. The van der Waals surface area contributed by atoms with Crippen LogP contribution in [0.5, 0.6) is 0 Å². The Bertz CT molecular complexity index is 847. The number of halogens is 1. The largest absolute Gasteiger partial charge is 0.328 e. The van der Waals surface area contributed by atoms with Gasteiger partial charge in [-0.15, -0.1) is 0 Å². The van der Waals surface area contributed by atoms with Gasteiger partial charge in [-0.2, -0.15) is 0 Å². The fourth-order valence-electron chi connectivity index (χ4n) is 4.00. The third-order valence-corrected chi connectivity index (χ3v) is 5.65. The van der Waals surface area contributed by atoms with E-state index in [2.05, 4.69) is 46.3 Å². The summed E-state index contributed by atoms with van der Waals surface area (Å²) in [6.07, 6.45) is 6.03. The van der Waals surface area contributed by atoms with Crippen molar-refractivity contribution < 1.29 is 0 Å². The fraction of sp³-hybridized carbons (Fsp3) is 0.409. The van der Waals surface area contributed by atoms with Crippen LogP contribution in [0.1, 0.15) is 37.1 Å². The summed E-state index contributed by atoms with van der Waals surface area (Å²) in [7, 11) is 0. The topological polar surface area (TPSA) is 29.9 Å². The number of aryl methyl sites for hydroxylation is 1. The maximum absolute atomic E-state index is 6.03. The molecule has 0 bridgehead atoms. The number of nitrogens with one attached hydrogen (secondary N) is 1. The van der Waals surface area contributed by atoms with Gasteiger partial charge in [-0.3, -0.25) is 0 Å². The Labute approximate surface area is 160 Å². The Hall–Kier alpha value is -1.84. The molecule has 4 heteroatoms. The lowest BCUT2D eigenvalue weighted by Gasteiger charge is -2.22. The van der Waals surface area contributed by atoms with Crippen molar-refractivity contribution in [3.8, 4) is 0 Å². The molecule has 1 aliphatic rings. The molecule has 1 fully saturated rings. The summed E-state index contributed by atoms with van der Waals surface area (Å²) in [6.45, 7) is 3.41. The van der Waals surface area contributed by atoms with Crippen LogP contribution in [0.25, 0.3) is 11.0 Å². The average Bonchev–Trinajstić information content (AvgIpc) is 3.02. The summed E-state index contributed by atoms with van der Waals surface area (Å²) in [4.78, 5) is 4.91. The lowest BCUT2D eigenvalue weighted by molar-refractivity contribution is 0.344. The van der Waals surface area contributed by atoms with Gasteiger partial charge in [-0.1, -0.05) is 35.9 Å². The maximum Gasteiger partial charge on any atom is 0.114 e. The van der Waals surface area contributed by atoms with E-state index in [-0.39, 0.29) is 0 Å². The molecule has 0 radical (unpaired) electrons. The van der Waals surface area contributed by atoms with Crippen LogP contribution in [0.15, 0.2) is 48.5 Å². The second-order valence-corrected chi connectivity index (χ2v) is 7.76. The minimum absolute atomic E-state index is 0.781. The summed E-state index contributed by atoms with van der Waals surface area (Å²) in [5.41, 5.74) is 3.59. The van der Waals surface area contributed by atoms with Crippen molar-refractivity contribution in [3.63, 3.8) is 0 Å². The smallest absolute Gasteiger partial charge is 0.114 e. The number of fused-ring (bicyclic) bond motifs is 1. The van der Waals surface area contributed by atoms with Gasteiger partial charge < -0.3 is 9.88 Å². The van der Waals surface area contributed by atoms with Crippen molar-refractivity contribution >= 4 is 22.6 Å². The Balaban J connectivity index is 1.52. The molecule has 0 saturated carbocycles. The Morgan fingerprint density at radius 2 is 1.96 bits per heavy atom. The zero-order valence-electron chi connectivity index (χ0n) is 15.1. The summed E-state index contributed by atoms with van der Waals surface area (Å²) in [6, 6.07) is 16.6. The first-order valence-electron chi connectivity index (χ1n) is 9.69. The molecule has 26 heavy (non-hydrogen) atoms. The molecule has 2 aromatic carbocycles. The highest BCUT2D eigenvalue weighted by Crippen LogP contribution is 2.22. The van der Waals surface area contributed by atoms with Gasteiger partial charge >= 0.3 is 0 Å². The highest BCUT2D eigenvalue weighted by atomic mass is 35.5. The van der Waals surface area contributed by atoms with Gasteiger partial charge in [0.1, 0.15) is 5.82 Å². The zero-order chi connectivity index (χ0) is 17.8. The quantitative estimate of drug-likeness (QED) is 0.659. The second-order valence-electron chi connectivity index (χ2n) is 7.33. The van der Waals surface area contributed by atoms with Crippen molar-refractivity contribution in [2.75, 3.05) is 13.1 Å². The van der Waals surface area contributed by atoms with E-state index in [1.165, 1.54) is 49.9 Å². The molecule has 0 spiro atoms. The van der Waals surface area contributed by atoms with E-state index >= 15 is 0 Å². The van der Waals surface area contributed by atoms with E-state index in [9.17, 15) is 0 Å². The summed E-state index contributed by atoms with van der Waals surface area (Å²) in [5.74, 6) is 1.98. The van der Waals surface area contributed by atoms with Crippen LogP contribution < -0.4 is 5.32 Å². The molecule has 1 saturated heterocycles. The van der Waals surface area contributed by atoms with Gasteiger partial charge in [0.25, 0.3) is 0 Å². The number of imidazole rings is 1. The minimum atomic E-state index is 0.781. The number of piperidine rings is 1. The molecule has 3 nitrogen and oxygen atoms in total.